The molecule has 0 aromatic carbocycles. The summed E-state index contributed by atoms with van der Waals surface area (Å²) in [5, 5.41) is 0. The van der Waals surface area contributed by atoms with Crippen molar-refractivity contribution in [3.05, 3.63) is 24.8 Å². The van der Waals surface area contributed by atoms with Gasteiger partial charge in [0.05, 0.1) is 12.7 Å². The summed E-state index contributed by atoms with van der Waals surface area (Å²) in [5.41, 5.74) is 0. The summed E-state index contributed by atoms with van der Waals surface area (Å²) in [6.45, 7) is 6.92. The van der Waals surface area contributed by atoms with E-state index in [9.17, 15) is 0 Å². The van der Waals surface area contributed by atoms with Gasteiger partial charge in [-0.25, -0.2) is 0 Å². The van der Waals surface area contributed by atoms with Crippen LogP contribution >= 0.6 is 0 Å². The molecule has 0 amide bonds. The van der Waals surface area contributed by atoms with E-state index < -0.39 is 0 Å². The number of ether oxygens (including phenoxy) is 1. The van der Waals surface area contributed by atoms with Gasteiger partial charge < -0.3 is 4.74 Å². The third-order valence-corrected chi connectivity index (χ3v) is 6.48. The number of hydrogen-bond acceptors (Lipinski definition) is 1. The van der Waals surface area contributed by atoms with Crippen molar-refractivity contribution >= 4 is 0 Å². The molecule has 0 saturated heterocycles. The third kappa shape index (κ3) is 8.58. The molecule has 2 saturated carbocycles. The average molecular weight is 347 g/mol. The van der Waals surface area contributed by atoms with Gasteiger partial charge in [0, 0.05) is 0 Å². The van der Waals surface area contributed by atoms with Crippen LogP contribution in [-0.2, 0) is 4.74 Å². The second-order valence-corrected chi connectivity index (χ2v) is 8.52. The molecule has 2 fully saturated rings. The average Bonchev–Trinajstić information content (AvgIpc) is 2.66. The van der Waals surface area contributed by atoms with Crippen LogP contribution in [0.1, 0.15) is 96.8 Å². The number of unbranched alkanes of at least 4 members (excludes halogenated alkanes) is 2. The van der Waals surface area contributed by atoms with Crippen LogP contribution < -0.4 is 0 Å². The van der Waals surface area contributed by atoms with Crippen molar-refractivity contribution < 1.29 is 4.74 Å². The van der Waals surface area contributed by atoms with E-state index in [-0.39, 0.29) is 0 Å². The topological polar surface area (TPSA) is 9.23 Å². The highest BCUT2D eigenvalue weighted by atomic mass is 16.5. The molecule has 0 aliphatic heterocycles. The van der Waals surface area contributed by atoms with Crippen molar-refractivity contribution in [1.29, 1.82) is 0 Å². The van der Waals surface area contributed by atoms with Crippen LogP contribution in [0.3, 0.4) is 0 Å². The van der Waals surface area contributed by atoms with Crippen LogP contribution in [-0.4, -0.2) is 12.7 Å². The first-order chi connectivity index (χ1) is 12.3. The molecule has 0 aromatic rings. The second-order valence-electron chi connectivity index (χ2n) is 8.52. The first kappa shape index (κ1) is 20.7. The maximum atomic E-state index is 5.95. The maximum absolute atomic E-state index is 5.95. The van der Waals surface area contributed by atoms with E-state index in [0.717, 1.165) is 30.8 Å². The highest BCUT2D eigenvalue weighted by molar-refractivity contribution is 4.91. The van der Waals surface area contributed by atoms with E-state index in [2.05, 4.69) is 25.7 Å². The van der Waals surface area contributed by atoms with Gasteiger partial charge >= 0.3 is 0 Å². The van der Waals surface area contributed by atoms with E-state index in [4.69, 9.17) is 4.74 Å². The van der Waals surface area contributed by atoms with Gasteiger partial charge in [0.15, 0.2) is 0 Å². The molecule has 0 spiro atoms. The van der Waals surface area contributed by atoms with E-state index in [0.29, 0.717) is 6.10 Å². The Hall–Kier alpha value is -0.560. The Balaban J connectivity index is 1.52. The SMILES string of the molecule is C=CCCOC1CCC(CCC2CCC(/C=C/CCCC)CC2)CC1. The number of hydrogen-bond donors (Lipinski definition) is 0. The smallest absolute Gasteiger partial charge is 0.0575 e. The van der Waals surface area contributed by atoms with Crippen molar-refractivity contribution in [3.8, 4) is 0 Å². The number of allylic oxidation sites excluding steroid dienone is 2. The molecule has 0 unspecified atom stereocenters. The molecule has 0 heterocycles. The fourth-order valence-electron chi connectivity index (χ4n) is 4.66. The minimum atomic E-state index is 0.533. The van der Waals surface area contributed by atoms with Crippen LogP contribution in [0.15, 0.2) is 24.8 Å². The van der Waals surface area contributed by atoms with Crippen LogP contribution in [0.25, 0.3) is 0 Å². The van der Waals surface area contributed by atoms with Crippen LogP contribution in [0.4, 0.5) is 0 Å². The number of rotatable bonds is 11. The molecule has 0 atom stereocenters. The quantitative estimate of drug-likeness (QED) is 0.278. The third-order valence-electron chi connectivity index (χ3n) is 6.48. The van der Waals surface area contributed by atoms with E-state index in [1.807, 2.05) is 6.08 Å². The van der Waals surface area contributed by atoms with Gasteiger partial charge in [0.2, 0.25) is 0 Å². The standard InChI is InChI=1S/C24H42O/c1-3-5-7-8-9-21-10-12-22(13-11-21)14-15-23-16-18-24(19-17-23)25-20-6-4-2/h4,8-9,21-24H,2-3,5-7,10-20H2,1H3/b9-8+. The molecule has 0 aromatic heterocycles. The molecule has 0 bridgehead atoms. The van der Waals surface area contributed by atoms with Gasteiger partial charge in [-0.2, -0.15) is 0 Å². The predicted molar refractivity (Wildman–Crippen MR) is 110 cm³/mol. The molecule has 2 aliphatic carbocycles. The highest BCUT2D eigenvalue weighted by Gasteiger charge is 2.24. The zero-order valence-corrected chi connectivity index (χ0v) is 16.8. The molecule has 144 valence electrons. The molecule has 2 rings (SSSR count). The first-order valence-electron chi connectivity index (χ1n) is 11.2. The lowest BCUT2D eigenvalue weighted by Gasteiger charge is -2.31. The lowest BCUT2D eigenvalue weighted by molar-refractivity contribution is 0.0189. The summed E-state index contributed by atoms with van der Waals surface area (Å²) < 4.78 is 5.95. The molecule has 1 heteroatoms. The first-order valence-corrected chi connectivity index (χ1v) is 11.2. The van der Waals surface area contributed by atoms with E-state index in [1.54, 1.807) is 0 Å². The van der Waals surface area contributed by atoms with Crippen LogP contribution in [0, 0.1) is 17.8 Å². The van der Waals surface area contributed by atoms with Gasteiger partial charge in [-0.3, -0.25) is 0 Å². The monoisotopic (exact) mass is 346 g/mol. The van der Waals surface area contributed by atoms with Crippen molar-refractivity contribution in [2.45, 2.75) is 103 Å². The van der Waals surface area contributed by atoms with Gasteiger partial charge in [-0.05, 0) is 82.0 Å². The van der Waals surface area contributed by atoms with Crippen molar-refractivity contribution in [3.63, 3.8) is 0 Å². The lowest BCUT2D eigenvalue weighted by Crippen LogP contribution is -2.23. The van der Waals surface area contributed by atoms with Gasteiger partial charge in [-0.1, -0.05) is 50.8 Å². The molecular formula is C24H42O. The summed E-state index contributed by atoms with van der Waals surface area (Å²) in [6.07, 6.45) is 26.6. The Morgan fingerprint density at radius 3 is 2.12 bits per heavy atom. The molecule has 0 N–H and O–H groups in total. The highest BCUT2D eigenvalue weighted by Crippen LogP contribution is 2.36. The summed E-state index contributed by atoms with van der Waals surface area (Å²) in [7, 11) is 0. The Kier molecular flexibility index (Phi) is 10.6. The zero-order valence-electron chi connectivity index (χ0n) is 16.8. The fraction of sp³-hybridized carbons (Fsp3) is 0.833. The summed E-state index contributed by atoms with van der Waals surface area (Å²) in [6, 6.07) is 0. The molecule has 1 nitrogen and oxygen atoms in total. The Labute approximate surface area is 157 Å². The van der Waals surface area contributed by atoms with Crippen molar-refractivity contribution in [1.82, 2.24) is 0 Å². The van der Waals surface area contributed by atoms with E-state index in [1.165, 1.54) is 83.5 Å². The van der Waals surface area contributed by atoms with Crippen molar-refractivity contribution in [2.75, 3.05) is 6.61 Å². The second kappa shape index (κ2) is 12.7. The van der Waals surface area contributed by atoms with E-state index >= 15 is 0 Å². The maximum Gasteiger partial charge on any atom is 0.0575 e. The zero-order chi connectivity index (χ0) is 17.7. The molecule has 0 radical (unpaired) electrons. The van der Waals surface area contributed by atoms with Gasteiger partial charge in [0.25, 0.3) is 0 Å². The van der Waals surface area contributed by atoms with Crippen molar-refractivity contribution in [2.24, 2.45) is 17.8 Å². The Morgan fingerprint density at radius 2 is 1.52 bits per heavy atom. The summed E-state index contributed by atoms with van der Waals surface area (Å²) >= 11 is 0. The largest absolute Gasteiger partial charge is 0.378 e. The fourth-order valence-corrected chi connectivity index (χ4v) is 4.66. The van der Waals surface area contributed by atoms with Crippen LogP contribution in [0.5, 0.6) is 0 Å². The summed E-state index contributed by atoms with van der Waals surface area (Å²) in [4.78, 5) is 0. The predicted octanol–water partition coefficient (Wildman–Crippen LogP) is 7.47. The van der Waals surface area contributed by atoms with Gasteiger partial charge in [-0.15, -0.1) is 6.58 Å². The summed E-state index contributed by atoms with van der Waals surface area (Å²) in [5.74, 6) is 2.88. The normalized spacial score (nSPS) is 30.6. The van der Waals surface area contributed by atoms with Gasteiger partial charge in [0.1, 0.15) is 0 Å². The minimum absolute atomic E-state index is 0.533. The Morgan fingerprint density at radius 1 is 0.880 bits per heavy atom. The van der Waals surface area contributed by atoms with Crippen LogP contribution in [0.2, 0.25) is 0 Å². The molecule has 25 heavy (non-hydrogen) atoms. The molecule has 2 aliphatic rings. The molecular weight excluding hydrogens is 304 g/mol. The minimum Gasteiger partial charge on any atom is -0.378 e. The Bertz CT molecular complexity index is 356. The lowest BCUT2D eigenvalue weighted by atomic mass is 9.77.